The van der Waals surface area contributed by atoms with Crippen molar-refractivity contribution in [1.29, 1.82) is 0 Å². The highest BCUT2D eigenvalue weighted by atomic mass is 35.5. The monoisotopic (exact) mass is 394 g/mol. The average Bonchev–Trinajstić information content (AvgIpc) is 2.89. The van der Waals surface area contributed by atoms with Crippen LogP contribution in [0.2, 0.25) is 5.02 Å². The summed E-state index contributed by atoms with van der Waals surface area (Å²) in [5, 5.41) is 3.50. The number of anilines is 1. The minimum atomic E-state index is -3.70. The Labute approximate surface area is 154 Å². The van der Waals surface area contributed by atoms with Crippen LogP contribution in [0.15, 0.2) is 41.3 Å². The van der Waals surface area contributed by atoms with Crippen LogP contribution in [-0.2, 0) is 14.6 Å². The minimum absolute atomic E-state index is 0.125. The first-order valence-corrected chi connectivity index (χ1v) is 10.3. The first-order valence-electron chi connectivity index (χ1n) is 7.40. The van der Waals surface area contributed by atoms with Crippen molar-refractivity contribution in [3.8, 4) is 0 Å². The molecule has 0 saturated carbocycles. The topological polar surface area (TPSA) is 76.1 Å². The fourth-order valence-electron chi connectivity index (χ4n) is 2.36. The summed E-state index contributed by atoms with van der Waals surface area (Å²) in [6.07, 6.45) is 0. The molecule has 130 valence electrons. The number of carbonyl (C=O) groups is 1. The van der Waals surface area contributed by atoms with E-state index < -0.39 is 21.5 Å². The number of nitrogens with zero attached hydrogens (tertiary/aromatic N) is 1. The number of nitrogens with one attached hydrogen (secondary N) is 1. The second-order valence-electron chi connectivity index (χ2n) is 5.71. The largest absolute Gasteiger partial charge is 0.301 e. The molecule has 0 unspecified atom stereocenters. The first-order chi connectivity index (χ1) is 11.7. The van der Waals surface area contributed by atoms with Crippen LogP contribution >= 0.6 is 22.9 Å². The number of halogens is 1. The Balaban J connectivity index is 1.78. The molecule has 3 aromatic rings. The summed E-state index contributed by atoms with van der Waals surface area (Å²) in [5.74, 6) is -1.26. The molecule has 1 amide bonds. The number of sulfone groups is 1. The maximum Gasteiger partial charge on any atom is 0.241 e. The molecule has 3 rings (SSSR count). The second-order valence-corrected chi connectivity index (χ2v) is 9.17. The van der Waals surface area contributed by atoms with E-state index in [2.05, 4.69) is 10.3 Å². The van der Waals surface area contributed by atoms with Crippen LogP contribution < -0.4 is 5.32 Å². The van der Waals surface area contributed by atoms with E-state index in [1.165, 1.54) is 23.5 Å². The van der Waals surface area contributed by atoms with Gasteiger partial charge in [0.2, 0.25) is 5.91 Å². The van der Waals surface area contributed by atoms with E-state index in [9.17, 15) is 13.2 Å². The normalized spacial score (nSPS) is 11.6. The number of hydrogen-bond donors (Lipinski definition) is 1. The van der Waals surface area contributed by atoms with Gasteiger partial charge in [-0.2, -0.15) is 0 Å². The van der Waals surface area contributed by atoms with Crippen LogP contribution in [0.5, 0.6) is 0 Å². The zero-order valence-electron chi connectivity index (χ0n) is 13.5. The summed E-state index contributed by atoms with van der Waals surface area (Å²) in [7, 11) is -3.70. The van der Waals surface area contributed by atoms with Crippen molar-refractivity contribution in [2.24, 2.45) is 0 Å². The predicted octanol–water partition coefficient (Wildman–Crippen LogP) is 3.98. The third-order valence-electron chi connectivity index (χ3n) is 3.60. The summed E-state index contributed by atoms with van der Waals surface area (Å²) in [6, 6.07) is 9.95. The summed E-state index contributed by atoms with van der Waals surface area (Å²) in [5.41, 5.74) is 2.59. The Kier molecular flexibility index (Phi) is 4.81. The molecule has 0 aliphatic carbocycles. The molecule has 1 N–H and O–H groups in total. The van der Waals surface area contributed by atoms with Gasteiger partial charge >= 0.3 is 0 Å². The highest BCUT2D eigenvalue weighted by Gasteiger charge is 2.20. The molecular formula is C17H15ClN2O3S2. The Morgan fingerprint density at radius 1 is 1.20 bits per heavy atom. The van der Waals surface area contributed by atoms with E-state index >= 15 is 0 Å². The molecule has 8 heteroatoms. The number of thiazole rings is 1. The second kappa shape index (κ2) is 6.74. The van der Waals surface area contributed by atoms with Gasteiger partial charge in [0.15, 0.2) is 15.0 Å². The van der Waals surface area contributed by atoms with Crippen LogP contribution in [0.3, 0.4) is 0 Å². The number of benzene rings is 2. The molecule has 5 nitrogen and oxygen atoms in total. The van der Waals surface area contributed by atoms with E-state index in [-0.39, 0.29) is 4.90 Å². The van der Waals surface area contributed by atoms with Crippen molar-refractivity contribution in [2.45, 2.75) is 18.7 Å². The van der Waals surface area contributed by atoms with Crippen molar-refractivity contribution in [3.05, 3.63) is 52.5 Å². The molecule has 0 atom stereocenters. The quantitative estimate of drug-likeness (QED) is 0.726. The smallest absolute Gasteiger partial charge is 0.241 e. The maximum atomic E-state index is 12.3. The Morgan fingerprint density at radius 2 is 1.88 bits per heavy atom. The lowest BCUT2D eigenvalue weighted by Crippen LogP contribution is -2.22. The van der Waals surface area contributed by atoms with E-state index in [1.807, 2.05) is 13.8 Å². The minimum Gasteiger partial charge on any atom is -0.301 e. The Bertz CT molecular complexity index is 1060. The lowest BCUT2D eigenvalue weighted by molar-refractivity contribution is -0.113. The van der Waals surface area contributed by atoms with Crippen LogP contribution in [0.4, 0.5) is 5.13 Å². The fraction of sp³-hybridized carbons (Fsp3) is 0.176. The molecular weight excluding hydrogens is 380 g/mol. The SMILES string of the molecule is Cc1ccc(S(=O)(=O)CC(=O)Nc2nc3c(C)cc(Cl)cc3s2)cc1. The van der Waals surface area contributed by atoms with E-state index in [1.54, 1.807) is 24.3 Å². The van der Waals surface area contributed by atoms with Gasteiger partial charge in [-0.05, 0) is 43.7 Å². The number of amides is 1. The van der Waals surface area contributed by atoms with Crippen LogP contribution in [0, 0.1) is 13.8 Å². The lowest BCUT2D eigenvalue weighted by Gasteiger charge is -2.04. The Hall–Kier alpha value is -1.96. The number of rotatable bonds is 4. The predicted molar refractivity (Wildman–Crippen MR) is 101 cm³/mol. The Morgan fingerprint density at radius 3 is 2.56 bits per heavy atom. The molecule has 1 heterocycles. The van der Waals surface area contributed by atoms with Gasteiger partial charge in [0.1, 0.15) is 5.75 Å². The van der Waals surface area contributed by atoms with E-state index in [4.69, 9.17) is 11.6 Å². The number of aryl methyl sites for hydroxylation is 2. The zero-order valence-corrected chi connectivity index (χ0v) is 15.9. The molecule has 25 heavy (non-hydrogen) atoms. The zero-order chi connectivity index (χ0) is 18.2. The molecule has 0 saturated heterocycles. The fourth-order valence-corrected chi connectivity index (χ4v) is 4.84. The molecule has 0 spiro atoms. The van der Waals surface area contributed by atoms with Gasteiger partial charge in [0, 0.05) is 5.02 Å². The van der Waals surface area contributed by atoms with Gasteiger partial charge in [0.05, 0.1) is 15.1 Å². The molecule has 2 aromatic carbocycles. The number of carbonyl (C=O) groups excluding carboxylic acids is 1. The highest BCUT2D eigenvalue weighted by Crippen LogP contribution is 2.31. The lowest BCUT2D eigenvalue weighted by atomic mass is 10.2. The van der Waals surface area contributed by atoms with Gasteiger partial charge in [-0.25, -0.2) is 13.4 Å². The van der Waals surface area contributed by atoms with Crippen molar-refractivity contribution < 1.29 is 13.2 Å². The molecule has 0 aliphatic heterocycles. The van der Waals surface area contributed by atoms with Gasteiger partial charge < -0.3 is 5.32 Å². The van der Waals surface area contributed by atoms with Gasteiger partial charge in [-0.1, -0.05) is 40.6 Å². The summed E-state index contributed by atoms with van der Waals surface area (Å²) in [4.78, 5) is 16.6. The van der Waals surface area contributed by atoms with Crippen LogP contribution in [-0.4, -0.2) is 25.1 Å². The summed E-state index contributed by atoms with van der Waals surface area (Å²) >= 11 is 7.27. The van der Waals surface area contributed by atoms with Crippen molar-refractivity contribution in [1.82, 2.24) is 4.98 Å². The molecule has 0 bridgehead atoms. The van der Waals surface area contributed by atoms with E-state index in [0.29, 0.717) is 10.2 Å². The maximum absolute atomic E-state index is 12.3. The van der Waals surface area contributed by atoms with Crippen molar-refractivity contribution in [3.63, 3.8) is 0 Å². The van der Waals surface area contributed by atoms with Crippen molar-refractivity contribution >= 4 is 54.0 Å². The van der Waals surface area contributed by atoms with Gasteiger partial charge in [0.25, 0.3) is 0 Å². The van der Waals surface area contributed by atoms with Crippen molar-refractivity contribution in [2.75, 3.05) is 11.1 Å². The molecule has 0 aliphatic rings. The summed E-state index contributed by atoms with van der Waals surface area (Å²) in [6.45, 7) is 3.74. The molecule has 0 radical (unpaired) electrons. The first kappa shape index (κ1) is 17.8. The van der Waals surface area contributed by atoms with Gasteiger partial charge in [-0.15, -0.1) is 0 Å². The molecule has 1 aromatic heterocycles. The number of aromatic nitrogens is 1. The summed E-state index contributed by atoms with van der Waals surface area (Å²) < 4.78 is 25.5. The average molecular weight is 395 g/mol. The van der Waals surface area contributed by atoms with E-state index in [0.717, 1.165) is 21.3 Å². The number of fused-ring (bicyclic) bond motifs is 1. The molecule has 0 fully saturated rings. The van der Waals surface area contributed by atoms with Crippen LogP contribution in [0.25, 0.3) is 10.2 Å². The standard InChI is InChI=1S/C17H15ClN2O3S2/c1-10-3-5-13(6-4-10)25(22,23)9-15(21)19-17-20-16-11(2)7-12(18)8-14(16)24-17/h3-8H,9H2,1-2H3,(H,19,20,21). The third kappa shape index (κ3) is 4.00. The van der Waals surface area contributed by atoms with Gasteiger partial charge in [-0.3, -0.25) is 4.79 Å². The van der Waals surface area contributed by atoms with Crippen LogP contribution in [0.1, 0.15) is 11.1 Å². The highest BCUT2D eigenvalue weighted by molar-refractivity contribution is 7.92. The number of hydrogen-bond acceptors (Lipinski definition) is 5. The third-order valence-corrected chi connectivity index (χ3v) is 6.37.